The van der Waals surface area contributed by atoms with E-state index in [1.807, 2.05) is 0 Å². The van der Waals surface area contributed by atoms with Gasteiger partial charge >= 0.3 is 5.97 Å². The Hall–Kier alpha value is -1.97. The Bertz CT molecular complexity index is 420. The highest BCUT2D eigenvalue weighted by atomic mass is 19.1. The predicted octanol–water partition coefficient (Wildman–Crippen LogP) is 2.13. The lowest BCUT2D eigenvalue weighted by Gasteiger charge is -2.04. The molecule has 3 nitrogen and oxygen atoms in total. The smallest absolute Gasteiger partial charge is 0.341 e. The van der Waals surface area contributed by atoms with E-state index in [0.717, 1.165) is 12.1 Å². The number of hydrogen-bond acceptors (Lipinski definition) is 3. The monoisotopic (exact) mass is 222 g/mol. The SMILES string of the molecule is C=C(C(=O)OCC)C(=O)c1ccc(F)cc1. The van der Waals surface area contributed by atoms with E-state index in [2.05, 4.69) is 11.3 Å². The van der Waals surface area contributed by atoms with Crippen LogP contribution in [0, 0.1) is 5.82 Å². The van der Waals surface area contributed by atoms with Gasteiger partial charge in [-0.15, -0.1) is 0 Å². The van der Waals surface area contributed by atoms with E-state index in [9.17, 15) is 14.0 Å². The minimum absolute atomic E-state index is 0.175. The van der Waals surface area contributed by atoms with E-state index in [1.54, 1.807) is 6.92 Å². The molecule has 0 saturated heterocycles. The minimum Gasteiger partial charge on any atom is -0.462 e. The summed E-state index contributed by atoms with van der Waals surface area (Å²) < 4.78 is 17.2. The zero-order valence-corrected chi connectivity index (χ0v) is 8.83. The summed E-state index contributed by atoms with van der Waals surface area (Å²) in [7, 11) is 0. The lowest BCUT2D eigenvalue weighted by molar-refractivity contribution is -0.138. The molecule has 0 fully saturated rings. The Kier molecular flexibility index (Phi) is 3.94. The number of ether oxygens (including phenoxy) is 1. The van der Waals surface area contributed by atoms with E-state index in [4.69, 9.17) is 0 Å². The number of hydrogen-bond donors (Lipinski definition) is 0. The summed E-state index contributed by atoms with van der Waals surface area (Å²) >= 11 is 0. The molecule has 1 aromatic rings. The summed E-state index contributed by atoms with van der Waals surface area (Å²) in [5, 5.41) is 0. The molecule has 0 aliphatic rings. The maximum atomic E-state index is 12.6. The van der Waals surface area contributed by atoms with Gasteiger partial charge in [0.1, 0.15) is 11.4 Å². The standard InChI is InChI=1S/C12H11FO3/c1-3-16-12(15)8(2)11(14)9-4-6-10(13)7-5-9/h4-7H,2-3H2,1H3. The van der Waals surface area contributed by atoms with Crippen molar-refractivity contribution in [2.24, 2.45) is 0 Å². The predicted molar refractivity (Wildman–Crippen MR) is 56.5 cm³/mol. The van der Waals surface area contributed by atoms with Crippen LogP contribution in [-0.2, 0) is 9.53 Å². The van der Waals surface area contributed by atoms with Gasteiger partial charge in [-0.25, -0.2) is 9.18 Å². The van der Waals surface area contributed by atoms with Crippen LogP contribution < -0.4 is 0 Å². The molecule has 1 rings (SSSR count). The average molecular weight is 222 g/mol. The number of halogens is 1. The lowest BCUT2D eigenvalue weighted by atomic mass is 10.1. The van der Waals surface area contributed by atoms with Crippen LogP contribution in [0.15, 0.2) is 36.4 Å². The van der Waals surface area contributed by atoms with Gasteiger partial charge in [-0.3, -0.25) is 4.79 Å². The number of carbonyl (C=O) groups is 2. The van der Waals surface area contributed by atoms with Crippen LogP contribution in [-0.4, -0.2) is 18.4 Å². The first-order valence-electron chi connectivity index (χ1n) is 4.72. The van der Waals surface area contributed by atoms with Crippen molar-refractivity contribution >= 4 is 11.8 Å². The molecule has 0 aliphatic carbocycles. The average Bonchev–Trinajstić information content (AvgIpc) is 2.28. The first kappa shape index (κ1) is 12.1. The van der Waals surface area contributed by atoms with Crippen molar-refractivity contribution in [2.75, 3.05) is 6.61 Å². The zero-order chi connectivity index (χ0) is 12.1. The molecule has 4 heteroatoms. The second-order valence-electron chi connectivity index (χ2n) is 3.04. The highest BCUT2D eigenvalue weighted by Crippen LogP contribution is 2.09. The normalized spacial score (nSPS) is 9.62. The Morgan fingerprint density at radius 3 is 2.38 bits per heavy atom. The summed E-state index contributed by atoms with van der Waals surface area (Å²) in [4.78, 5) is 22.9. The molecule has 0 spiro atoms. The van der Waals surface area contributed by atoms with Crippen molar-refractivity contribution in [1.29, 1.82) is 0 Å². The van der Waals surface area contributed by atoms with E-state index < -0.39 is 17.6 Å². The van der Waals surface area contributed by atoms with E-state index in [-0.39, 0.29) is 17.7 Å². The fraction of sp³-hybridized carbons (Fsp3) is 0.167. The highest BCUT2D eigenvalue weighted by Gasteiger charge is 2.18. The molecule has 0 atom stereocenters. The van der Waals surface area contributed by atoms with Gasteiger partial charge in [0.2, 0.25) is 0 Å². The molecule has 0 unspecified atom stereocenters. The molecule has 84 valence electrons. The number of rotatable bonds is 4. The molecule has 0 bridgehead atoms. The molecule has 0 N–H and O–H groups in total. The number of carbonyl (C=O) groups excluding carboxylic acids is 2. The summed E-state index contributed by atoms with van der Waals surface area (Å²) in [6.07, 6.45) is 0. The molecule has 16 heavy (non-hydrogen) atoms. The van der Waals surface area contributed by atoms with Crippen LogP contribution in [0.1, 0.15) is 17.3 Å². The Morgan fingerprint density at radius 2 is 1.88 bits per heavy atom. The molecule has 0 saturated carbocycles. The van der Waals surface area contributed by atoms with Crippen LogP contribution in [0.25, 0.3) is 0 Å². The van der Waals surface area contributed by atoms with Gasteiger partial charge in [0.05, 0.1) is 6.61 Å². The van der Waals surface area contributed by atoms with Crippen LogP contribution in [0.5, 0.6) is 0 Å². The van der Waals surface area contributed by atoms with E-state index >= 15 is 0 Å². The summed E-state index contributed by atoms with van der Waals surface area (Å²) in [5.74, 6) is -1.76. The Labute approximate surface area is 92.5 Å². The Balaban J connectivity index is 2.82. The summed E-state index contributed by atoms with van der Waals surface area (Å²) in [6.45, 7) is 5.16. The fourth-order valence-electron chi connectivity index (χ4n) is 1.09. The third-order valence-electron chi connectivity index (χ3n) is 1.90. The molecule has 0 amide bonds. The maximum absolute atomic E-state index is 12.6. The van der Waals surface area contributed by atoms with Crippen LogP contribution in [0.3, 0.4) is 0 Å². The minimum atomic E-state index is -0.753. The molecule has 0 heterocycles. The van der Waals surface area contributed by atoms with E-state index in [1.165, 1.54) is 12.1 Å². The number of benzene rings is 1. The number of Topliss-reactive ketones (excluding diaryl/α,β-unsaturated/α-hetero) is 1. The highest BCUT2D eigenvalue weighted by molar-refractivity contribution is 6.23. The summed E-state index contributed by atoms with van der Waals surface area (Å²) in [6, 6.07) is 4.88. The molecule has 1 aromatic carbocycles. The molecular weight excluding hydrogens is 211 g/mol. The van der Waals surface area contributed by atoms with E-state index in [0.29, 0.717) is 0 Å². The largest absolute Gasteiger partial charge is 0.462 e. The molecular formula is C12H11FO3. The number of ketones is 1. The number of esters is 1. The molecule has 0 aliphatic heterocycles. The lowest BCUT2D eigenvalue weighted by Crippen LogP contribution is -2.15. The quantitative estimate of drug-likeness (QED) is 0.258. The third kappa shape index (κ3) is 2.76. The van der Waals surface area contributed by atoms with Gasteiger partial charge < -0.3 is 4.74 Å². The van der Waals surface area contributed by atoms with Crippen molar-refractivity contribution in [3.8, 4) is 0 Å². The van der Waals surface area contributed by atoms with Crippen LogP contribution in [0.2, 0.25) is 0 Å². The maximum Gasteiger partial charge on any atom is 0.341 e. The topological polar surface area (TPSA) is 43.4 Å². The van der Waals surface area contributed by atoms with Crippen molar-refractivity contribution < 1.29 is 18.7 Å². The van der Waals surface area contributed by atoms with Gasteiger partial charge in [0.15, 0.2) is 5.78 Å². The third-order valence-corrected chi connectivity index (χ3v) is 1.90. The van der Waals surface area contributed by atoms with Crippen molar-refractivity contribution in [1.82, 2.24) is 0 Å². The fourth-order valence-corrected chi connectivity index (χ4v) is 1.09. The van der Waals surface area contributed by atoms with Crippen molar-refractivity contribution in [2.45, 2.75) is 6.92 Å². The van der Waals surface area contributed by atoms with Gasteiger partial charge in [-0.05, 0) is 31.2 Å². The first-order valence-corrected chi connectivity index (χ1v) is 4.72. The second kappa shape index (κ2) is 5.21. The second-order valence-corrected chi connectivity index (χ2v) is 3.04. The van der Waals surface area contributed by atoms with Gasteiger partial charge in [0.25, 0.3) is 0 Å². The summed E-state index contributed by atoms with van der Waals surface area (Å²) in [5.41, 5.74) is -0.0482. The van der Waals surface area contributed by atoms with Gasteiger partial charge in [-0.2, -0.15) is 0 Å². The zero-order valence-electron chi connectivity index (χ0n) is 8.83. The Morgan fingerprint density at radius 1 is 1.31 bits per heavy atom. The van der Waals surface area contributed by atoms with Gasteiger partial charge in [0, 0.05) is 5.56 Å². The first-order chi connectivity index (χ1) is 7.56. The van der Waals surface area contributed by atoms with Crippen molar-refractivity contribution in [3.05, 3.63) is 47.8 Å². The molecule has 0 radical (unpaired) electrons. The van der Waals surface area contributed by atoms with Gasteiger partial charge in [-0.1, -0.05) is 6.58 Å². The van der Waals surface area contributed by atoms with Crippen molar-refractivity contribution in [3.63, 3.8) is 0 Å². The van der Waals surface area contributed by atoms with Crippen LogP contribution >= 0.6 is 0 Å². The molecule has 0 aromatic heterocycles. The van der Waals surface area contributed by atoms with Crippen LogP contribution in [0.4, 0.5) is 4.39 Å².